The Morgan fingerprint density at radius 3 is 2.93 bits per heavy atom. The molecule has 1 aliphatic carbocycles. The van der Waals surface area contributed by atoms with E-state index in [1.165, 1.54) is 6.33 Å². The lowest BCUT2D eigenvalue weighted by Gasteiger charge is -2.35. The van der Waals surface area contributed by atoms with E-state index in [0.29, 0.717) is 25.8 Å². The van der Waals surface area contributed by atoms with Gasteiger partial charge in [-0.15, -0.1) is 0 Å². The highest BCUT2D eigenvalue weighted by atomic mass is 16.5. The number of benzene rings is 1. The number of ether oxygens (including phenoxy) is 1. The number of fused-ring (bicyclic) bond motifs is 1. The van der Waals surface area contributed by atoms with Gasteiger partial charge >= 0.3 is 6.09 Å². The van der Waals surface area contributed by atoms with Gasteiger partial charge in [0.1, 0.15) is 24.5 Å². The average Bonchev–Trinajstić information content (AvgIpc) is 2.72. The highest BCUT2D eigenvalue weighted by Gasteiger charge is 2.27. The van der Waals surface area contributed by atoms with Crippen molar-refractivity contribution in [1.29, 1.82) is 0 Å². The Bertz CT molecular complexity index is 856. The Kier molecular flexibility index (Phi) is 5.50. The van der Waals surface area contributed by atoms with E-state index in [4.69, 9.17) is 4.74 Å². The number of hydrogen-bond donors (Lipinski definition) is 1. The minimum atomic E-state index is -0.397. The molecule has 146 valence electrons. The molecule has 1 aromatic carbocycles. The lowest BCUT2D eigenvalue weighted by Crippen LogP contribution is -2.48. The molecule has 4 rings (SSSR count). The Hall–Kier alpha value is -2.96. The number of amides is 1. The first kappa shape index (κ1) is 18.4. The van der Waals surface area contributed by atoms with Crippen LogP contribution in [0.4, 0.5) is 10.6 Å². The molecule has 2 heterocycles. The van der Waals surface area contributed by atoms with Crippen LogP contribution in [0.1, 0.15) is 36.1 Å². The van der Waals surface area contributed by atoms with Crippen LogP contribution in [0.5, 0.6) is 0 Å². The number of anilines is 1. The second-order valence-electron chi connectivity index (χ2n) is 7.33. The van der Waals surface area contributed by atoms with E-state index in [1.807, 2.05) is 30.3 Å². The molecular formula is C21H24N4O3. The van der Waals surface area contributed by atoms with Crippen LogP contribution >= 0.6 is 0 Å². The Morgan fingerprint density at radius 2 is 2.07 bits per heavy atom. The van der Waals surface area contributed by atoms with Gasteiger partial charge in [0.2, 0.25) is 0 Å². The van der Waals surface area contributed by atoms with E-state index >= 15 is 0 Å². The number of rotatable bonds is 4. The molecule has 1 aliphatic heterocycles. The summed E-state index contributed by atoms with van der Waals surface area (Å²) in [7, 11) is 0. The molecule has 2 aliphatic rings. The molecule has 1 fully saturated rings. The molecule has 0 spiro atoms. The third-order valence-corrected chi connectivity index (χ3v) is 5.29. The number of nitrogens with one attached hydrogen (secondary N) is 1. The lowest BCUT2D eigenvalue weighted by atomic mass is 9.94. The number of carbonyl (C=O) groups excluding carboxylic acids is 2. The van der Waals surface area contributed by atoms with Crippen LogP contribution in [-0.4, -0.2) is 41.0 Å². The molecule has 1 saturated heterocycles. The van der Waals surface area contributed by atoms with Gasteiger partial charge in [0, 0.05) is 37.5 Å². The van der Waals surface area contributed by atoms with Crippen LogP contribution in [0, 0.1) is 0 Å². The molecule has 1 amide bonds. The van der Waals surface area contributed by atoms with Crippen LogP contribution < -0.4 is 10.2 Å². The summed E-state index contributed by atoms with van der Waals surface area (Å²) in [5, 5.41) is 2.98. The number of aromatic nitrogens is 2. The van der Waals surface area contributed by atoms with Crippen LogP contribution in [0.2, 0.25) is 0 Å². The van der Waals surface area contributed by atoms with Gasteiger partial charge in [0.25, 0.3) is 0 Å². The van der Waals surface area contributed by atoms with Crippen molar-refractivity contribution in [3.05, 3.63) is 53.5 Å². The Morgan fingerprint density at radius 1 is 1.21 bits per heavy atom. The minimum Gasteiger partial charge on any atom is -0.445 e. The average molecular weight is 380 g/mol. The zero-order valence-electron chi connectivity index (χ0n) is 15.8. The van der Waals surface area contributed by atoms with E-state index in [-0.39, 0.29) is 18.4 Å². The van der Waals surface area contributed by atoms with Crippen LogP contribution in [-0.2, 0) is 29.0 Å². The van der Waals surface area contributed by atoms with Gasteiger partial charge in [-0.05, 0) is 24.8 Å². The van der Waals surface area contributed by atoms with E-state index < -0.39 is 6.09 Å². The van der Waals surface area contributed by atoms with E-state index in [9.17, 15) is 9.59 Å². The molecule has 7 heteroatoms. The maximum atomic E-state index is 12.2. The molecule has 1 atom stereocenters. The zero-order valence-corrected chi connectivity index (χ0v) is 15.8. The Balaban J connectivity index is 1.36. The topological polar surface area (TPSA) is 84.4 Å². The first-order chi connectivity index (χ1) is 13.7. The molecule has 1 N–H and O–H groups in total. The third kappa shape index (κ3) is 4.30. The molecule has 7 nitrogen and oxygen atoms in total. The van der Waals surface area contributed by atoms with Crippen LogP contribution in [0.25, 0.3) is 0 Å². The number of hydrogen-bond acceptors (Lipinski definition) is 6. The van der Waals surface area contributed by atoms with Gasteiger partial charge in [0.05, 0.1) is 5.69 Å². The van der Waals surface area contributed by atoms with Crippen molar-refractivity contribution in [2.75, 3.05) is 18.0 Å². The van der Waals surface area contributed by atoms with Gasteiger partial charge in [-0.25, -0.2) is 14.8 Å². The first-order valence-electron chi connectivity index (χ1n) is 9.75. The highest BCUT2D eigenvalue weighted by molar-refractivity contribution is 5.83. The van der Waals surface area contributed by atoms with E-state index in [1.54, 1.807) is 0 Å². The summed E-state index contributed by atoms with van der Waals surface area (Å²) >= 11 is 0. The predicted molar refractivity (Wildman–Crippen MR) is 104 cm³/mol. The first-order valence-corrected chi connectivity index (χ1v) is 9.75. The van der Waals surface area contributed by atoms with Gasteiger partial charge in [-0.2, -0.15) is 0 Å². The van der Waals surface area contributed by atoms with Crippen LogP contribution in [0.3, 0.4) is 0 Å². The maximum absolute atomic E-state index is 12.2. The summed E-state index contributed by atoms with van der Waals surface area (Å²) in [5.74, 6) is 1.14. The van der Waals surface area contributed by atoms with Gasteiger partial charge in [-0.1, -0.05) is 30.3 Å². The minimum absolute atomic E-state index is 0.00728. The fraction of sp³-hybridized carbons (Fsp3) is 0.429. The standard InChI is InChI=1S/C21H24N4O3/c26-17-8-9-18-19(11-17)22-14-23-20(18)25-10-4-7-16(12-25)24-21(27)28-13-15-5-2-1-3-6-15/h1-3,5-6,14,16H,4,7-13H2,(H,24,27)/t16-/m1/s1. The van der Waals surface area contributed by atoms with Crippen molar-refractivity contribution in [2.45, 2.75) is 44.8 Å². The number of piperidine rings is 1. The molecule has 0 saturated carbocycles. The van der Waals surface area contributed by atoms with Crippen molar-refractivity contribution in [3.8, 4) is 0 Å². The number of carbonyl (C=O) groups is 2. The number of alkyl carbamates (subject to hydrolysis) is 1. The normalized spacial score (nSPS) is 19.1. The largest absolute Gasteiger partial charge is 0.445 e. The second-order valence-corrected chi connectivity index (χ2v) is 7.33. The third-order valence-electron chi connectivity index (χ3n) is 5.29. The molecule has 0 unspecified atom stereocenters. The highest BCUT2D eigenvalue weighted by Crippen LogP contribution is 2.28. The van der Waals surface area contributed by atoms with E-state index in [0.717, 1.165) is 42.0 Å². The summed E-state index contributed by atoms with van der Waals surface area (Å²) < 4.78 is 5.34. The summed E-state index contributed by atoms with van der Waals surface area (Å²) in [6, 6.07) is 9.64. The van der Waals surface area contributed by atoms with Crippen molar-refractivity contribution in [1.82, 2.24) is 15.3 Å². The van der Waals surface area contributed by atoms with Crippen LogP contribution in [0.15, 0.2) is 36.7 Å². The lowest BCUT2D eigenvalue weighted by molar-refractivity contribution is -0.118. The molecule has 0 radical (unpaired) electrons. The van der Waals surface area contributed by atoms with Gasteiger partial charge in [-0.3, -0.25) is 4.79 Å². The fourth-order valence-corrected chi connectivity index (χ4v) is 3.88. The van der Waals surface area contributed by atoms with Crippen molar-refractivity contribution >= 4 is 17.7 Å². The molecule has 2 aromatic rings. The summed E-state index contributed by atoms with van der Waals surface area (Å²) in [6.07, 6.45) is 4.65. The molecule has 1 aromatic heterocycles. The number of Topliss-reactive ketones (excluding diaryl/α,β-unsaturated/α-hetero) is 1. The molecular weight excluding hydrogens is 356 g/mol. The predicted octanol–water partition coefficient (Wildman–Crippen LogP) is 2.43. The summed E-state index contributed by atoms with van der Waals surface area (Å²) in [5.41, 5.74) is 2.89. The van der Waals surface area contributed by atoms with Gasteiger partial charge in [0.15, 0.2) is 0 Å². The molecule has 0 bridgehead atoms. The maximum Gasteiger partial charge on any atom is 0.407 e. The number of nitrogens with zero attached hydrogens (tertiary/aromatic N) is 3. The smallest absolute Gasteiger partial charge is 0.407 e. The quantitative estimate of drug-likeness (QED) is 0.877. The van der Waals surface area contributed by atoms with Gasteiger partial charge < -0.3 is 15.0 Å². The summed E-state index contributed by atoms with van der Waals surface area (Å²) in [6.45, 7) is 1.82. The van der Waals surface area contributed by atoms with Crippen molar-refractivity contribution < 1.29 is 14.3 Å². The fourth-order valence-electron chi connectivity index (χ4n) is 3.88. The monoisotopic (exact) mass is 380 g/mol. The van der Waals surface area contributed by atoms with E-state index in [2.05, 4.69) is 20.2 Å². The van der Waals surface area contributed by atoms with Crippen molar-refractivity contribution in [2.24, 2.45) is 0 Å². The zero-order chi connectivity index (χ0) is 19.3. The summed E-state index contributed by atoms with van der Waals surface area (Å²) in [4.78, 5) is 34.9. The SMILES string of the molecule is O=C1CCc2c(ncnc2N2CCC[C@@H](NC(=O)OCc3ccccc3)C2)C1. The Labute approximate surface area is 164 Å². The second kappa shape index (κ2) is 8.37. The molecule has 28 heavy (non-hydrogen) atoms. The van der Waals surface area contributed by atoms with Crippen molar-refractivity contribution in [3.63, 3.8) is 0 Å². The number of ketones is 1.